The molecule has 0 aliphatic carbocycles. The maximum Gasteiger partial charge on any atom is 0.337 e. The molecular formula is C12H12N4O3. The zero-order valence-corrected chi connectivity index (χ0v) is 10.1. The number of hydrogen-bond donors (Lipinski definition) is 3. The molecule has 1 amide bonds. The van der Waals surface area contributed by atoms with Crippen molar-refractivity contribution in [3.63, 3.8) is 0 Å². The van der Waals surface area contributed by atoms with Crippen LogP contribution in [0.4, 0.5) is 5.69 Å². The number of carbonyl (C=O) groups excluding carboxylic acids is 1. The molecule has 1 aromatic carbocycles. The molecule has 0 unspecified atom stereocenters. The van der Waals surface area contributed by atoms with Gasteiger partial charge >= 0.3 is 5.97 Å². The van der Waals surface area contributed by atoms with Crippen molar-refractivity contribution in [1.29, 1.82) is 0 Å². The third kappa shape index (κ3) is 2.25. The largest absolute Gasteiger partial charge is 0.478 e. The van der Waals surface area contributed by atoms with E-state index in [0.29, 0.717) is 11.3 Å². The Morgan fingerprint density at radius 2 is 2.05 bits per heavy atom. The van der Waals surface area contributed by atoms with Crippen molar-refractivity contribution < 1.29 is 14.7 Å². The molecule has 0 fully saturated rings. The van der Waals surface area contributed by atoms with Crippen molar-refractivity contribution in [2.45, 2.75) is 6.92 Å². The minimum Gasteiger partial charge on any atom is -0.478 e. The van der Waals surface area contributed by atoms with Crippen LogP contribution in [-0.4, -0.2) is 26.8 Å². The number of carboxylic acid groups (broad SMARTS) is 1. The number of rotatable bonds is 3. The number of aromatic carboxylic acids is 1. The standard InChI is InChI=1S/C12H12N4O3/c1-6-2-8(3-9(10(6)13)12(18)19)16-5-7(4-15-16)11(14)17/h2-5H,13H2,1H3,(H2,14,17)(H,18,19). The van der Waals surface area contributed by atoms with E-state index in [4.69, 9.17) is 16.6 Å². The second-order valence-electron chi connectivity index (χ2n) is 4.07. The van der Waals surface area contributed by atoms with E-state index in [1.165, 1.54) is 23.1 Å². The molecule has 0 saturated carbocycles. The lowest BCUT2D eigenvalue weighted by Gasteiger charge is -2.09. The summed E-state index contributed by atoms with van der Waals surface area (Å²) < 4.78 is 1.37. The van der Waals surface area contributed by atoms with Crippen molar-refractivity contribution in [1.82, 2.24) is 9.78 Å². The van der Waals surface area contributed by atoms with Gasteiger partial charge in [-0.3, -0.25) is 4.79 Å². The van der Waals surface area contributed by atoms with Gasteiger partial charge < -0.3 is 16.6 Å². The van der Waals surface area contributed by atoms with Gasteiger partial charge in [-0.15, -0.1) is 0 Å². The molecule has 0 saturated heterocycles. The smallest absolute Gasteiger partial charge is 0.337 e. The van der Waals surface area contributed by atoms with Crippen molar-refractivity contribution in [3.05, 3.63) is 41.2 Å². The molecule has 0 spiro atoms. The van der Waals surface area contributed by atoms with Gasteiger partial charge in [-0.1, -0.05) is 0 Å². The van der Waals surface area contributed by atoms with Gasteiger partial charge in [-0.2, -0.15) is 5.10 Å². The Morgan fingerprint density at radius 3 is 2.58 bits per heavy atom. The number of nitrogen functional groups attached to an aromatic ring is 1. The van der Waals surface area contributed by atoms with Crippen molar-refractivity contribution in [3.8, 4) is 5.69 Å². The fourth-order valence-electron chi connectivity index (χ4n) is 1.68. The summed E-state index contributed by atoms with van der Waals surface area (Å²) in [6.07, 6.45) is 2.74. The zero-order chi connectivity index (χ0) is 14.2. The number of carbonyl (C=O) groups is 2. The third-order valence-corrected chi connectivity index (χ3v) is 2.73. The molecule has 7 heteroatoms. The summed E-state index contributed by atoms with van der Waals surface area (Å²) in [5.41, 5.74) is 12.4. The number of amides is 1. The minimum atomic E-state index is -1.12. The number of aromatic nitrogens is 2. The van der Waals surface area contributed by atoms with Crippen LogP contribution in [0.25, 0.3) is 5.69 Å². The van der Waals surface area contributed by atoms with E-state index < -0.39 is 11.9 Å². The van der Waals surface area contributed by atoms with E-state index in [-0.39, 0.29) is 16.8 Å². The molecular weight excluding hydrogens is 248 g/mol. The lowest BCUT2D eigenvalue weighted by molar-refractivity contribution is 0.0697. The molecule has 0 atom stereocenters. The lowest BCUT2D eigenvalue weighted by atomic mass is 10.1. The first-order valence-corrected chi connectivity index (χ1v) is 5.38. The number of nitrogens with two attached hydrogens (primary N) is 2. The Kier molecular flexibility index (Phi) is 2.95. The molecule has 98 valence electrons. The van der Waals surface area contributed by atoms with E-state index in [1.807, 2.05) is 0 Å². The molecule has 19 heavy (non-hydrogen) atoms. The van der Waals surface area contributed by atoms with Crippen LogP contribution in [-0.2, 0) is 0 Å². The summed E-state index contributed by atoms with van der Waals surface area (Å²) in [7, 11) is 0. The van der Waals surface area contributed by atoms with E-state index in [0.717, 1.165) is 0 Å². The summed E-state index contributed by atoms with van der Waals surface area (Å²) in [6.45, 7) is 1.70. The van der Waals surface area contributed by atoms with Crippen molar-refractivity contribution in [2.24, 2.45) is 5.73 Å². The average Bonchev–Trinajstić information content (AvgIpc) is 2.81. The van der Waals surface area contributed by atoms with Crippen LogP contribution in [0.1, 0.15) is 26.3 Å². The second kappa shape index (κ2) is 4.45. The lowest BCUT2D eigenvalue weighted by Crippen LogP contribution is -2.09. The number of primary amides is 1. The Labute approximate surface area is 108 Å². The first-order valence-electron chi connectivity index (χ1n) is 5.38. The quantitative estimate of drug-likeness (QED) is 0.695. The zero-order valence-electron chi connectivity index (χ0n) is 10.1. The van der Waals surface area contributed by atoms with Gasteiger partial charge in [0.15, 0.2) is 0 Å². The summed E-state index contributed by atoms with van der Waals surface area (Å²) in [6, 6.07) is 3.07. The fraction of sp³-hybridized carbons (Fsp3) is 0.0833. The van der Waals surface area contributed by atoms with Crippen molar-refractivity contribution in [2.75, 3.05) is 5.73 Å². The summed E-state index contributed by atoms with van der Waals surface area (Å²) >= 11 is 0. The third-order valence-electron chi connectivity index (χ3n) is 2.73. The highest BCUT2D eigenvalue weighted by Crippen LogP contribution is 2.22. The summed E-state index contributed by atoms with van der Waals surface area (Å²) in [5, 5.41) is 13.0. The highest BCUT2D eigenvalue weighted by atomic mass is 16.4. The molecule has 1 aromatic heterocycles. The molecule has 2 rings (SSSR count). The Hall–Kier alpha value is -2.83. The molecule has 0 radical (unpaired) electrons. The van der Waals surface area contributed by atoms with Gasteiger partial charge in [0.05, 0.1) is 23.0 Å². The van der Waals surface area contributed by atoms with Crippen LogP contribution in [0.3, 0.4) is 0 Å². The van der Waals surface area contributed by atoms with Crippen LogP contribution in [0.5, 0.6) is 0 Å². The predicted octanol–water partition coefficient (Wildman–Crippen LogP) is 0.560. The summed E-state index contributed by atoms with van der Waals surface area (Å²) in [5.74, 6) is -1.72. The van der Waals surface area contributed by atoms with Crippen LogP contribution < -0.4 is 11.5 Å². The predicted molar refractivity (Wildman–Crippen MR) is 68.2 cm³/mol. The van der Waals surface area contributed by atoms with E-state index in [9.17, 15) is 9.59 Å². The second-order valence-corrected chi connectivity index (χ2v) is 4.07. The Balaban J connectivity index is 2.56. The average molecular weight is 260 g/mol. The number of anilines is 1. The maximum absolute atomic E-state index is 11.1. The molecule has 7 nitrogen and oxygen atoms in total. The van der Waals surface area contributed by atoms with Crippen LogP contribution in [0.2, 0.25) is 0 Å². The highest BCUT2D eigenvalue weighted by molar-refractivity contribution is 5.95. The monoisotopic (exact) mass is 260 g/mol. The highest BCUT2D eigenvalue weighted by Gasteiger charge is 2.13. The molecule has 1 heterocycles. The first kappa shape index (κ1) is 12.6. The Bertz CT molecular complexity index is 676. The van der Waals surface area contributed by atoms with Crippen LogP contribution >= 0.6 is 0 Å². The van der Waals surface area contributed by atoms with Crippen LogP contribution in [0.15, 0.2) is 24.5 Å². The first-order chi connectivity index (χ1) is 8.90. The van der Waals surface area contributed by atoms with Gasteiger partial charge in [0.1, 0.15) is 0 Å². The van der Waals surface area contributed by atoms with Gasteiger partial charge in [-0.25, -0.2) is 9.48 Å². The SMILES string of the molecule is Cc1cc(-n2cc(C(N)=O)cn2)cc(C(=O)O)c1N. The van der Waals surface area contributed by atoms with E-state index in [1.54, 1.807) is 13.0 Å². The molecule has 0 aliphatic rings. The van der Waals surface area contributed by atoms with Gasteiger partial charge in [0.25, 0.3) is 5.91 Å². The van der Waals surface area contributed by atoms with Crippen molar-refractivity contribution >= 4 is 17.6 Å². The number of nitrogens with zero attached hydrogens (tertiary/aromatic N) is 2. The molecule has 0 aliphatic heterocycles. The fourth-order valence-corrected chi connectivity index (χ4v) is 1.68. The number of aryl methyl sites for hydroxylation is 1. The molecule has 5 N–H and O–H groups in total. The number of hydrogen-bond acceptors (Lipinski definition) is 4. The summed E-state index contributed by atoms with van der Waals surface area (Å²) in [4.78, 5) is 22.1. The maximum atomic E-state index is 11.1. The topological polar surface area (TPSA) is 124 Å². The number of benzene rings is 1. The normalized spacial score (nSPS) is 10.4. The Morgan fingerprint density at radius 1 is 1.37 bits per heavy atom. The van der Waals surface area contributed by atoms with E-state index in [2.05, 4.69) is 5.10 Å². The van der Waals surface area contributed by atoms with E-state index >= 15 is 0 Å². The number of carboxylic acids is 1. The molecule has 2 aromatic rings. The van der Waals surface area contributed by atoms with Crippen LogP contribution in [0, 0.1) is 6.92 Å². The molecule has 0 bridgehead atoms. The minimum absolute atomic E-state index is 0.00822. The van der Waals surface area contributed by atoms with Gasteiger partial charge in [0.2, 0.25) is 0 Å². The van der Waals surface area contributed by atoms with Gasteiger partial charge in [-0.05, 0) is 24.6 Å². The van der Waals surface area contributed by atoms with Gasteiger partial charge in [0, 0.05) is 11.9 Å².